The van der Waals surface area contributed by atoms with Gasteiger partial charge in [0.05, 0.1) is 16.1 Å². The predicted molar refractivity (Wildman–Crippen MR) is 106 cm³/mol. The average molecular weight is 385 g/mol. The molecule has 0 aliphatic carbocycles. The minimum Gasteiger partial charge on any atom is -0.351 e. The summed E-state index contributed by atoms with van der Waals surface area (Å²) in [5, 5.41) is 11.3. The molecule has 0 unspecified atom stereocenters. The van der Waals surface area contributed by atoms with Gasteiger partial charge in [0.15, 0.2) is 0 Å². The molecule has 2 aromatic rings. The average Bonchev–Trinajstić information content (AvgIpc) is 2.97. The van der Waals surface area contributed by atoms with Crippen molar-refractivity contribution in [2.45, 2.75) is 33.2 Å². The van der Waals surface area contributed by atoms with E-state index in [0.717, 1.165) is 18.7 Å². The molecule has 2 N–H and O–H groups in total. The Bertz CT molecular complexity index is 707. The molecule has 0 radical (unpaired) electrons. The van der Waals surface area contributed by atoms with Crippen LogP contribution in [0.15, 0.2) is 30.5 Å². The Morgan fingerprint density at radius 3 is 2.52 bits per heavy atom. The maximum absolute atomic E-state index is 12.6. The Morgan fingerprint density at radius 2 is 1.92 bits per heavy atom. The monoisotopic (exact) mass is 384 g/mol. The van der Waals surface area contributed by atoms with Crippen LogP contribution in [0, 0.1) is 0 Å². The first-order valence-electron chi connectivity index (χ1n) is 8.18. The second-order valence-corrected chi connectivity index (χ2v) is 7.00. The Balaban J connectivity index is 0.00000312. The summed E-state index contributed by atoms with van der Waals surface area (Å²) in [4.78, 5) is 12.6. The number of amides is 1. The lowest BCUT2D eigenvalue weighted by atomic mass is 10.1. The normalized spacial score (nSPS) is 11.1. The molecule has 0 spiro atoms. The smallest absolute Gasteiger partial charge is 0.255 e. The van der Waals surface area contributed by atoms with Gasteiger partial charge < -0.3 is 10.6 Å². The number of hydrogen-bond acceptors (Lipinski definition) is 3. The highest BCUT2D eigenvalue weighted by molar-refractivity contribution is 6.33. The fourth-order valence-corrected chi connectivity index (χ4v) is 2.50. The zero-order chi connectivity index (χ0) is 17.7. The van der Waals surface area contributed by atoms with E-state index >= 15 is 0 Å². The SMILES string of the molecule is CCNCCNC(=O)c1cn(C(C)(C)C)nc1-c1ccccc1Cl.Cl. The molecular weight excluding hydrogens is 359 g/mol. The van der Waals surface area contributed by atoms with Crippen LogP contribution in [0.4, 0.5) is 0 Å². The third-order valence-electron chi connectivity index (χ3n) is 3.61. The van der Waals surface area contributed by atoms with Crippen molar-refractivity contribution in [3.8, 4) is 11.3 Å². The Hall–Kier alpha value is -1.56. The number of likely N-dealkylation sites (N-methyl/N-ethyl adjacent to an activating group) is 1. The van der Waals surface area contributed by atoms with Crippen LogP contribution in [-0.4, -0.2) is 35.3 Å². The lowest BCUT2D eigenvalue weighted by molar-refractivity contribution is 0.0954. The summed E-state index contributed by atoms with van der Waals surface area (Å²) in [5.41, 5.74) is 1.68. The molecule has 1 aromatic carbocycles. The molecule has 0 saturated heterocycles. The number of carbonyl (C=O) groups is 1. The van der Waals surface area contributed by atoms with Gasteiger partial charge in [-0.05, 0) is 33.4 Å². The Labute approximate surface area is 160 Å². The van der Waals surface area contributed by atoms with Crippen molar-refractivity contribution in [1.29, 1.82) is 0 Å². The fraction of sp³-hybridized carbons (Fsp3) is 0.444. The van der Waals surface area contributed by atoms with Crippen LogP contribution in [0.2, 0.25) is 5.02 Å². The standard InChI is InChI=1S/C18H25ClN4O.ClH/c1-5-20-10-11-21-17(24)14-12-23(18(2,3)4)22-16(14)13-8-6-7-9-15(13)19;/h6-9,12,20H,5,10-11H2,1-4H3,(H,21,24);1H. The van der Waals surface area contributed by atoms with E-state index in [-0.39, 0.29) is 23.9 Å². The summed E-state index contributed by atoms with van der Waals surface area (Å²) in [6.07, 6.45) is 1.79. The van der Waals surface area contributed by atoms with Gasteiger partial charge in [-0.2, -0.15) is 5.10 Å². The van der Waals surface area contributed by atoms with Crippen LogP contribution in [0.3, 0.4) is 0 Å². The van der Waals surface area contributed by atoms with Crippen LogP contribution in [0.25, 0.3) is 11.3 Å². The lowest BCUT2D eigenvalue weighted by Crippen LogP contribution is -2.31. The molecule has 25 heavy (non-hydrogen) atoms. The molecule has 0 aliphatic heterocycles. The van der Waals surface area contributed by atoms with Crippen LogP contribution in [0.5, 0.6) is 0 Å². The largest absolute Gasteiger partial charge is 0.351 e. The highest BCUT2D eigenvalue weighted by atomic mass is 35.5. The highest BCUT2D eigenvalue weighted by Crippen LogP contribution is 2.30. The van der Waals surface area contributed by atoms with Crippen LogP contribution >= 0.6 is 24.0 Å². The molecule has 0 fully saturated rings. The van der Waals surface area contributed by atoms with E-state index in [2.05, 4.69) is 15.7 Å². The number of halogens is 2. The summed E-state index contributed by atoms with van der Waals surface area (Å²) in [7, 11) is 0. The zero-order valence-electron chi connectivity index (χ0n) is 15.1. The predicted octanol–water partition coefficient (Wildman–Crippen LogP) is 3.72. The number of aromatic nitrogens is 2. The molecule has 0 saturated carbocycles. The molecule has 0 atom stereocenters. The van der Waals surface area contributed by atoms with E-state index in [9.17, 15) is 4.79 Å². The maximum atomic E-state index is 12.6. The number of benzene rings is 1. The van der Waals surface area contributed by atoms with Crippen molar-refractivity contribution in [1.82, 2.24) is 20.4 Å². The number of hydrogen-bond donors (Lipinski definition) is 2. The Morgan fingerprint density at radius 1 is 1.24 bits per heavy atom. The van der Waals surface area contributed by atoms with Gasteiger partial charge in [0.25, 0.3) is 5.91 Å². The molecule has 5 nitrogen and oxygen atoms in total. The van der Waals surface area contributed by atoms with Gasteiger partial charge in [-0.3, -0.25) is 9.48 Å². The first kappa shape index (κ1) is 21.5. The summed E-state index contributed by atoms with van der Waals surface area (Å²) in [6, 6.07) is 7.44. The Kier molecular flexibility index (Phi) is 7.93. The summed E-state index contributed by atoms with van der Waals surface area (Å²) >= 11 is 6.31. The van der Waals surface area contributed by atoms with Gasteiger partial charge >= 0.3 is 0 Å². The molecule has 1 heterocycles. The highest BCUT2D eigenvalue weighted by Gasteiger charge is 2.23. The van der Waals surface area contributed by atoms with Crippen LogP contribution < -0.4 is 10.6 Å². The van der Waals surface area contributed by atoms with Crippen LogP contribution in [0.1, 0.15) is 38.1 Å². The summed E-state index contributed by atoms with van der Waals surface area (Å²) < 4.78 is 1.81. The van der Waals surface area contributed by atoms with Gasteiger partial charge in [-0.15, -0.1) is 12.4 Å². The third-order valence-corrected chi connectivity index (χ3v) is 3.94. The van der Waals surface area contributed by atoms with E-state index in [1.54, 1.807) is 12.3 Å². The van der Waals surface area contributed by atoms with Crippen molar-refractivity contribution in [2.24, 2.45) is 0 Å². The third kappa shape index (κ3) is 5.46. The molecule has 138 valence electrons. The fourth-order valence-electron chi connectivity index (χ4n) is 2.27. The van der Waals surface area contributed by atoms with Crippen molar-refractivity contribution >= 4 is 29.9 Å². The van der Waals surface area contributed by atoms with E-state index in [4.69, 9.17) is 11.6 Å². The molecular formula is C18H26Cl2N4O. The zero-order valence-corrected chi connectivity index (χ0v) is 16.7. The van der Waals surface area contributed by atoms with Gasteiger partial charge in [0, 0.05) is 24.8 Å². The molecule has 7 heteroatoms. The minimum atomic E-state index is -0.224. The van der Waals surface area contributed by atoms with Crippen molar-refractivity contribution in [3.63, 3.8) is 0 Å². The van der Waals surface area contributed by atoms with Crippen LogP contribution in [-0.2, 0) is 5.54 Å². The molecule has 1 aromatic heterocycles. The number of nitrogens with one attached hydrogen (secondary N) is 2. The van der Waals surface area contributed by atoms with E-state index in [1.165, 1.54) is 0 Å². The molecule has 1 amide bonds. The van der Waals surface area contributed by atoms with Gasteiger partial charge in [-0.25, -0.2) is 0 Å². The number of rotatable bonds is 6. The summed E-state index contributed by atoms with van der Waals surface area (Å²) in [5.74, 6) is -0.140. The van der Waals surface area contributed by atoms with Gasteiger partial charge in [0.2, 0.25) is 0 Å². The first-order chi connectivity index (χ1) is 11.3. The van der Waals surface area contributed by atoms with Crippen molar-refractivity contribution in [3.05, 3.63) is 41.0 Å². The van der Waals surface area contributed by atoms with E-state index in [1.807, 2.05) is 50.6 Å². The van der Waals surface area contributed by atoms with Crippen molar-refractivity contribution < 1.29 is 4.79 Å². The molecule has 0 aliphatic rings. The second-order valence-electron chi connectivity index (χ2n) is 6.60. The van der Waals surface area contributed by atoms with E-state index in [0.29, 0.717) is 22.8 Å². The first-order valence-corrected chi connectivity index (χ1v) is 8.56. The minimum absolute atomic E-state index is 0. The molecule has 0 bridgehead atoms. The second kappa shape index (κ2) is 9.22. The van der Waals surface area contributed by atoms with Crippen molar-refractivity contribution in [2.75, 3.05) is 19.6 Å². The quantitative estimate of drug-likeness (QED) is 0.746. The van der Waals surface area contributed by atoms with Gasteiger partial charge in [-0.1, -0.05) is 36.7 Å². The maximum Gasteiger partial charge on any atom is 0.255 e. The topological polar surface area (TPSA) is 58.9 Å². The number of carbonyl (C=O) groups excluding carboxylic acids is 1. The molecule has 2 rings (SSSR count). The number of nitrogens with zero attached hydrogens (tertiary/aromatic N) is 2. The lowest BCUT2D eigenvalue weighted by Gasteiger charge is -2.18. The van der Waals surface area contributed by atoms with Gasteiger partial charge in [0.1, 0.15) is 5.69 Å². The summed E-state index contributed by atoms with van der Waals surface area (Å²) in [6.45, 7) is 10.3. The van der Waals surface area contributed by atoms with E-state index < -0.39 is 0 Å².